The average molecular weight is 407 g/mol. The number of ether oxygens (including phenoxy) is 1. The number of hydrogen-bond acceptors (Lipinski definition) is 6. The topological polar surface area (TPSA) is 79.0 Å². The fraction of sp³-hybridized carbons (Fsp3) is 0.286. The van der Waals surface area contributed by atoms with Gasteiger partial charge in [-0.15, -0.1) is 0 Å². The maximum atomic E-state index is 6.96. The minimum absolute atomic E-state index is 0.232. The normalized spacial score (nSPS) is 18.6. The molecule has 146 valence electrons. The number of piperazine rings is 1. The molecule has 0 aliphatic carbocycles. The third kappa shape index (κ3) is 2.44. The van der Waals surface area contributed by atoms with Crippen molar-refractivity contribution in [2.75, 3.05) is 31.1 Å². The molecule has 29 heavy (non-hydrogen) atoms. The predicted octanol–water partition coefficient (Wildman–Crippen LogP) is 3.31. The van der Waals surface area contributed by atoms with Gasteiger partial charge in [-0.2, -0.15) is 5.10 Å². The number of H-pyrrole nitrogens is 1. The molecule has 1 fully saturated rings. The number of hydrogen-bond donors (Lipinski definition) is 2. The van der Waals surface area contributed by atoms with Crippen LogP contribution >= 0.6 is 11.6 Å². The van der Waals surface area contributed by atoms with Gasteiger partial charge in [0.1, 0.15) is 24.5 Å². The third-order valence-electron chi connectivity index (χ3n) is 5.95. The number of halogens is 1. The number of anilines is 1. The smallest absolute Gasteiger partial charge is 0.144 e. The molecular weight excluding hydrogens is 388 g/mol. The van der Waals surface area contributed by atoms with Crippen molar-refractivity contribution in [3.05, 3.63) is 41.3 Å². The average Bonchev–Trinajstić information content (AvgIpc) is 3.16. The van der Waals surface area contributed by atoms with Crippen LogP contribution in [0, 0.1) is 6.92 Å². The largest absolute Gasteiger partial charge is 0.491 e. The van der Waals surface area contributed by atoms with E-state index in [0.29, 0.717) is 11.6 Å². The van der Waals surface area contributed by atoms with E-state index in [0.717, 1.165) is 69.7 Å². The summed E-state index contributed by atoms with van der Waals surface area (Å²) in [4.78, 5) is 11.5. The zero-order valence-corrected chi connectivity index (χ0v) is 16.6. The van der Waals surface area contributed by atoms with Gasteiger partial charge in [-0.05, 0) is 30.2 Å². The van der Waals surface area contributed by atoms with Crippen molar-refractivity contribution < 1.29 is 4.74 Å². The summed E-state index contributed by atoms with van der Waals surface area (Å²) in [6, 6.07) is 6.38. The van der Waals surface area contributed by atoms with E-state index >= 15 is 0 Å². The summed E-state index contributed by atoms with van der Waals surface area (Å²) in [5, 5.41) is 13.2. The summed E-state index contributed by atoms with van der Waals surface area (Å²) in [7, 11) is 0. The van der Waals surface area contributed by atoms with Crippen molar-refractivity contribution in [3.63, 3.8) is 0 Å². The zero-order valence-electron chi connectivity index (χ0n) is 15.9. The molecule has 7 nitrogen and oxygen atoms in total. The van der Waals surface area contributed by atoms with Crippen LogP contribution in [0.3, 0.4) is 0 Å². The quantitative estimate of drug-likeness (QED) is 0.505. The summed E-state index contributed by atoms with van der Waals surface area (Å²) in [6.07, 6.45) is 3.45. The Morgan fingerprint density at radius 3 is 3.14 bits per heavy atom. The van der Waals surface area contributed by atoms with Crippen LogP contribution in [0.25, 0.3) is 32.9 Å². The first-order valence-corrected chi connectivity index (χ1v) is 10.1. The van der Waals surface area contributed by atoms with Crippen LogP contribution in [0.5, 0.6) is 5.75 Å². The number of aromatic nitrogens is 4. The minimum atomic E-state index is 0.232. The lowest BCUT2D eigenvalue weighted by molar-refractivity contribution is 0.274. The highest BCUT2D eigenvalue weighted by Gasteiger charge is 2.31. The minimum Gasteiger partial charge on any atom is -0.491 e. The lowest BCUT2D eigenvalue weighted by Crippen LogP contribution is -2.53. The second-order valence-corrected chi connectivity index (χ2v) is 7.99. The molecule has 1 unspecified atom stereocenters. The van der Waals surface area contributed by atoms with Gasteiger partial charge in [0, 0.05) is 30.6 Å². The molecule has 0 spiro atoms. The first kappa shape index (κ1) is 17.0. The van der Waals surface area contributed by atoms with Crippen molar-refractivity contribution >= 4 is 39.2 Å². The van der Waals surface area contributed by atoms with E-state index in [2.05, 4.69) is 43.4 Å². The van der Waals surface area contributed by atoms with E-state index in [4.69, 9.17) is 16.3 Å². The summed E-state index contributed by atoms with van der Waals surface area (Å²) in [5.74, 6) is 1.69. The van der Waals surface area contributed by atoms with Gasteiger partial charge < -0.3 is 15.0 Å². The number of benzene rings is 2. The summed E-state index contributed by atoms with van der Waals surface area (Å²) < 4.78 is 6.30. The van der Waals surface area contributed by atoms with Crippen LogP contribution in [0.1, 0.15) is 5.56 Å². The van der Waals surface area contributed by atoms with Crippen LogP contribution in [0.15, 0.2) is 30.7 Å². The van der Waals surface area contributed by atoms with E-state index in [1.165, 1.54) is 0 Å². The van der Waals surface area contributed by atoms with Gasteiger partial charge in [-0.3, -0.25) is 5.10 Å². The number of nitrogens with zero attached hydrogens (tertiary/aromatic N) is 4. The van der Waals surface area contributed by atoms with Crippen LogP contribution in [0.4, 0.5) is 5.82 Å². The Labute approximate surface area is 172 Å². The van der Waals surface area contributed by atoms with Gasteiger partial charge >= 0.3 is 0 Å². The Morgan fingerprint density at radius 2 is 2.21 bits per heavy atom. The molecule has 4 heterocycles. The predicted molar refractivity (Wildman–Crippen MR) is 114 cm³/mol. The second-order valence-electron chi connectivity index (χ2n) is 7.61. The number of nitrogens with one attached hydrogen (secondary N) is 2. The van der Waals surface area contributed by atoms with Gasteiger partial charge in [0.05, 0.1) is 33.7 Å². The molecule has 0 bridgehead atoms. The number of rotatable bonds is 1. The highest BCUT2D eigenvalue weighted by Crippen LogP contribution is 2.45. The Kier molecular flexibility index (Phi) is 3.69. The molecule has 6 rings (SSSR count). The highest BCUT2D eigenvalue weighted by atomic mass is 35.5. The van der Waals surface area contributed by atoms with Gasteiger partial charge in [0.25, 0.3) is 0 Å². The molecule has 1 saturated heterocycles. The molecule has 0 saturated carbocycles. The molecule has 2 N–H and O–H groups in total. The fourth-order valence-corrected chi connectivity index (χ4v) is 4.83. The van der Waals surface area contributed by atoms with E-state index in [1.807, 2.05) is 18.3 Å². The first-order valence-electron chi connectivity index (χ1n) is 9.73. The van der Waals surface area contributed by atoms with E-state index in [1.54, 1.807) is 6.33 Å². The molecule has 0 radical (unpaired) electrons. The molecule has 4 aromatic rings. The third-order valence-corrected chi connectivity index (χ3v) is 6.33. The lowest BCUT2D eigenvalue weighted by Gasteiger charge is -2.35. The van der Waals surface area contributed by atoms with Crippen molar-refractivity contribution in [3.8, 4) is 16.9 Å². The van der Waals surface area contributed by atoms with Gasteiger partial charge in [0.2, 0.25) is 0 Å². The van der Waals surface area contributed by atoms with Crippen molar-refractivity contribution in [1.29, 1.82) is 0 Å². The maximum absolute atomic E-state index is 6.96. The Bertz CT molecular complexity index is 1270. The molecule has 2 aliphatic rings. The SMILES string of the molecule is Cc1ccc2[nH]ncc2c1-c1cc2c3c(ncnc3c1Cl)N1CCNCC1CO2. The fourth-order valence-electron chi connectivity index (χ4n) is 4.54. The molecule has 2 aliphatic heterocycles. The van der Waals surface area contributed by atoms with E-state index in [9.17, 15) is 0 Å². The Morgan fingerprint density at radius 1 is 1.28 bits per heavy atom. The molecular formula is C21H19ClN6O. The zero-order chi connectivity index (χ0) is 19.5. The van der Waals surface area contributed by atoms with Crippen molar-refractivity contribution in [2.24, 2.45) is 0 Å². The van der Waals surface area contributed by atoms with Crippen LogP contribution < -0.4 is 15.0 Å². The molecule has 2 aromatic carbocycles. The monoisotopic (exact) mass is 406 g/mol. The van der Waals surface area contributed by atoms with Crippen molar-refractivity contribution in [1.82, 2.24) is 25.5 Å². The number of aryl methyl sites for hydroxylation is 1. The molecule has 2 aromatic heterocycles. The van der Waals surface area contributed by atoms with Gasteiger partial charge in [0.15, 0.2) is 0 Å². The highest BCUT2D eigenvalue weighted by molar-refractivity contribution is 6.39. The van der Waals surface area contributed by atoms with E-state index < -0.39 is 0 Å². The molecule has 1 atom stereocenters. The Balaban J connectivity index is 1.66. The Hall–Kier alpha value is -2.90. The van der Waals surface area contributed by atoms with Gasteiger partial charge in [-0.1, -0.05) is 17.7 Å². The van der Waals surface area contributed by atoms with Gasteiger partial charge in [-0.25, -0.2) is 9.97 Å². The van der Waals surface area contributed by atoms with Crippen molar-refractivity contribution in [2.45, 2.75) is 13.0 Å². The summed E-state index contributed by atoms with van der Waals surface area (Å²) in [5.41, 5.74) is 4.77. The number of fused-ring (bicyclic) bond motifs is 3. The van der Waals surface area contributed by atoms with E-state index in [-0.39, 0.29) is 6.04 Å². The maximum Gasteiger partial charge on any atom is 0.144 e. The first-order chi connectivity index (χ1) is 14.2. The van der Waals surface area contributed by atoms with Crippen LogP contribution in [-0.4, -0.2) is 52.4 Å². The van der Waals surface area contributed by atoms with Crippen LogP contribution in [-0.2, 0) is 0 Å². The second kappa shape index (κ2) is 6.30. The summed E-state index contributed by atoms with van der Waals surface area (Å²) in [6.45, 7) is 5.34. The summed E-state index contributed by atoms with van der Waals surface area (Å²) >= 11 is 6.96. The molecule has 0 amide bonds. The number of aromatic amines is 1. The molecule has 8 heteroatoms. The standard InChI is InChI=1S/C21H19ClN6O/c1-11-2-3-15-14(8-26-27-15)17(11)13-6-16-18-20(19(13)22)24-10-25-21(18)28-5-4-23-7-12(28)9-29-16/h2-3,6,8,10,12,23H,4-5,7,9H2,1H3,(H,26,27). The van der Waals surface area contributed by atoms with Crippen LogP contribution in [0.2, 0.25) is 5.02 Å². The lowest BCUT2D eigenvalue weighted by atomic mass is 9.95.